The van der Waals surface area contributed by atoms with Gasteiger partial charge in [0.05, 0.1) is 0 Å². The van der Waals surface area contributed by atoms with Crippen LogP contribution in [0, 0.1) is 50.5 Å². The molecule has 0 spiro atoms. The van der Waals surface area contributed by atoms with Crippen molar-refractivity contribution in [3.63, 3.8) is 0 Å². The molecule has 8 atom stereocenters. The molecule has 4 fully saturated rings. The predicted molar refractivity (Wildman–Crippen MR) is 91.7 cm³/mol. The molecule has 3 nitrogen and oxygen atoms in total. The molecule has 23 heavy (non-hydrogen) atoms. The fraction of sp³-hybridized carbons (Fsp3) is 1.00. The lowest BCUT2D eigenvalue weighted by Gasteiger charge is -2.60. The first-order valence-electron chi connectivity index (χ1n) is 10.00. The van der Waals surface area contributed by atoms with Crippen molar-refractivity contribution in [2.45, 2.75) is 84.6 Å². The van der Waals surface area contributed by atoms with Gasteiger partial charge in [0, 0.05) is 16.8 Å². The Morgan fingerprint density at radius 3 is 2.35 bits per heavy atom. The Hall–Kier alpha value is -0.600. The van der Waals surface area contributed by atoms with Crippen molar-refractivity contribution in [3.05, 3.63) is 10.1 Å². The van der Waals surface area contributed by atoms with Gasteiger partial charge in [-0.05, 0) is 80.0 Å². The number of nitro groups is 1. The maximum absolute atomic E-state index is 11.6. The highest BCUT2D eigenvalue weighted by molar-refractivity contribution is 5.09. The zero-order valence-electron chi connectivity index (χ0n) is 15.1. The molecular weight excluding hydrogens is 286 g/mol. The summed E-state index contributed by atoms with van der Waals surface area (Å²) >= 11 is 0. The molecule has 0 aromatic heterocycles. The molecule has 0 amide bonds. The average Bonchev–Trinajstić information content (AvgIpc) is 2.85. The minimum absolute atomic E-state index is 0.0180. The van der Waals surface area contributed by atoms with E-state index in [-0.39, 0.29) is 16.4 Å². The van der Waals surface area contributed by atoms with Crippen molar-refractivity contribution < 1.29 is 4.92 Å². The minimum Gasteiger partial charge on any atom is -0.264 e. The molecule has 0 N–H and O–H groups in total. The van der Waals surface area contributed by atoms with Crippen molar-refractivity contribution in [3.8, 4) is 0 Å². The summed E-state index contributed by atoms with van der Waals surface area (Å²) in [6.45, 7) is 7.27. The van der Waals surface area contributed by atoms with Crippen LogP contribution in [0.5, 0.6) is 0 Å². The first kappa shape index (κ1) is 15.9. The highest BCUT2D eigenvalue weighted by Crippen LogP contribution is 2.66. The molecule has 0 heterocycles. The maximum atomic E-state index is 11.6. The van der Waals surface area contributed by atoms with Crippen LogP contribution in [0.2, 0.25) is 0 Å². The third-order valence-electron chi connectivity index (χ3n) is 9.13. The highest BCUT2D eigenvalue weighted by Gasteiger charge is 2.63. The van der Waals surface area contributed by atoms with Gasteiger partial charge in [0.1, 0.15) is 0 Å². The summed E-state index contributed by atoms with van der Waals surface area (Å²) in [6.07, 6.45) is 11.3. The Morgan fingerprint density at radius 2 is 1.61 bits per heavy atom. The van der Waals surface area contributed by atoms with Crippen LogP contribution in [-0.2, 0) is 0 Å². The van der Waals surface area contributed by atoms with Crippen molar-refractivity contribution in [1.29, 1.82) is 0 Å². The smallest absolute Gasteiger partial charge is 0.218 e. The monoisotopic (exact) mass is 319 g/mol. The SMILES string of the molecule is CC1CCC2(C)C(CCC3C2CCC2(C)C3CCC2[N+](=O)[O-])C1. The van der Waals surface area contributed by atoms with Crippen molar-refractivity contribution >= 4 is 0 Å². The molecule has 0 aliphatic heterocycles. The Labute approximate surface area is 140 Å². The molecular formula is C20H33NO2. The van der Waals surface area contributed by atoms with E-state index in [0.29, 0.717) is 11.3 Å². The van der Waals surface area contributed by atoms with Gasteiger partial charge in [0.2, 0.25) is 6.04 Å². The zero-order chi connectivity index (χ0) is 16.4. The summed E-state index contributed by atoms with van der Waals surface area (Å²) in [5.74, 6) is 4.06. The molecule has 4 aliphatic rings. The molecule has 0 bridgehead atoms. The summed E-state index contributed by atoms with van der Waals surface area (Å²) in [6, 6.07) is -0.273. The molecule has 130 valence electrons. The van der Waals surface area contributed by atoms with Crippen molar-refractivity contribution in [2.24, 2.45) is 40.4 Å². The highest BCUT2D eigenvalue weighted by atomic mass is 16.6. The van der Waals surface area contributed by atoms with Crippen LogP contribution in [0.15, 0.2) is 0 Å². The third kappa shape index (κ3) is 2.14. The largest absolute Gasteiger partial charge is 0.264 e. The third-order valence-corrected chi connectivity index (χ3v) is 9.13. The second-order valence-corrected chi connectivity index (χ2v) is 9.96. The summed E-state index contributed by atoms with van der Waals surface area (Å²) in [7, 11) is 0. The molecule has 0 saturated heterocycles. The zero-order valence-corrected chi connectivity index (χ0v) is 15.1. The van der Waals surface area contributed by atoms with Gasteiger partial charge in [-0.15, -0.1) is 0 Å². The van der Waals surface area contributed by atoms with E-state index in [9.17, 15) is 10.1 Å². The van der Waals surface area contributed by atoms with Crippen LogP contribution in [0.1, 0.15) is 78.6 Å². The molecule has 4 saturated carbocycles. The number of hydrogen-bond donors (Lipinski definition) is 0. The van der Waals surface area contributed by atoms with Crippen molar-refractivity contribution in [1.82, 2.24) is 0 Å². The van der Waals surface area contributed by atoms with Crippen LogP contribution in [-0.4, -0.2) is 11.0 Å². The second-order valence-electron chi connectivity index (χ2n) is 9.96. The molecule has 4 aliphatic carbocycles. The molecule has 0 aromatic carbocycles. The van der Waals surface area contributed by atoms with Crippen LogP contribution < -0.4 is 0 Å². The fourth-order valence-electron chi connectivity index (χ4n) is 7.79. The Balaban J connectivity index is 1.61. The number of rotatable bonds is 1. The average molecular weight is 319 g/mol. The summed E-state index contributed by atoms with van der Waals surface area (Å²) < 4.78 is 0. The summed E-state index contributed by atoms with van der Waals surface area (Å²) in [4.78, 5) is 11.6. The molecule has 4 rings (SSSR count). The van der Waals surface area contributed by atoms with Gasteiger partial charge in [0.15, 0.2) is 0 Å². The topological polar surface area (TPSA) is 43.1 Å². The molecule has 0 aromatic rings. The van der Waals surface area contributed by atoms with E-state index in [0.717, 1.165) is 42.9 Å². The lowest BCUT2D eigenvalue weighted by molar-refractivity contribution is -0.540. The van der Waals surface area contributed by atoms with E-state index in [4.69, 9.17) is 0 Å². The molecule has 8 unspecified atom stereocenters. The van der Waals surface area contributed by atoms with Gasteiger partial charge < -0.3 is 0 Å². The molecule has 3 heteroatoms. The number of hydrogen-bond acceptors (Lipinski definition) is 2. The minimum atomic E-state index is -0.273. The van der Waals surface area contributed by atoms with E-state index in [1.807, 2.05) is 0 Å². The van der Waals surface area contributed by atoms with E-state index < -0.39 is 0 Å². The van der Waals surface area contributed by atoms with Gasteiger partial charge in [-0.2, -0.15) is 0 Å². The quantitative estimate of drug-likeness (QED) is 0.485. The normalized spacial score (nSPS) is 55.6. The van der Waals surface area contributed by atoms with E-state index in [2.05, 4.69) is 20.8 Å². The van der Waals surface area contributed by atoms with Gasteiger partial charge in [-0.3, -0.25) is 10.1 Å². The van der Waals surface area contributed by atoms with Gasteiger partial charge in [-0.25, -0.2) is 0 Å². The summed E-state index contributed by atoms with van der Waals surface area (Å²) in [5.41, 5.74) is 0.513. The van der Waals surface area contributed by atoms with E-state index >= 15 is 0 Å². The fourth-order valence-corrected chi connectivity index (χ4v) is 7.79. The Morgan fingerprint density at radius 1 is 0.913 bits per heavy atom. The second kappa shape index (κ2) is 5.20. The van der Waals surface area contributed by atoms with Crippen LogP contribution >= 0.6 is 0 Å². The lowest BCUT2D eigenvalue weighted by Crippen LogP contribution is -2.54. The van der Waals surface area contributed by atoms with Crippen molar-refractivity contribution in [2.75, 3.05) is 0 Å². The Bertz CT molecular complexity index is 506. The lowest BCUT2D eigenvalue weighted by atomic mass is 9.44. The standard InChI is InChI=1S/C20H33NO2/c1-13-8-10-19(2)14(12-13)4-5-15-16-6-7-18(21(22)23)20(16,3)11-9-17(15)19/h13-18H,4-12H2,1-3H3. The number of fused-ring (bicyclic) bond motifs is 5. The van der Waals surface area contributed by atoms with E-state index in [1.54, 1.807) is 0 Å². The first-order chi connectivity index (χ1) is 10.9. The van der Waals surface area contributed by atoms with Gasteiger partial charge in [-0.1, -0.05) is 27.2 Å². The summed E-state index contributed by atoms with van der Waals surface area (Å²) in [5, 5.41) is 11.6. The van der Waals surface area contributed by atoms with Gasteiger partial charge in [0.25, 0.3) is 0 Å². The first-order valence-corrected chi connectivity index (χ1v) is 10.00. The Kier molecular flexibility index (Phi) is 3.59. The maximum Gasteiger partial charge on any atom is 0.218 e. The van der Waals surface area contributed by atoms with Gasteiger partial charge >= 0.3 is 0 Å². The molecule has 0 radical (unpaired) electrons. The van der Waals surface area contributed by atoms with E-state index in [1.165, 1.54) is 38.5 Å². The van der Waals surface area contributed by atoms with Crippen LogP contribution in [0.4, 0.5) is 0 Å². The predicted octanol–water partition coefficient (Wildman–Crippen LogP) is 5.31. The van der Waals surface area contributed by atoms with Crippen LogP contribution in [0.25, 0.3) is 0 Å². The number of nitrogens with zero attached hydrogens (tertiary/aromatic N) is 1. The van der Waals surface area contributed by atoms with Crippen LogP contribution in [0.3, 0.4) is 0 Å².